The van der Waals surface area contributed by atoms with E-state index in [1.807, 2.05) is 0 Å². The number of hydrogen-bond acceptors (Lipinski definition) is 2. The molecule has 1 saturated carbocycles. The molecule has 1 aliphatic rings. The summed E-state index contributed by atoms with van der Waals surface area (Å²) in [5.74, 6) is 2.33. The number of hydrogen-bond donors (Lipinski definition) is 1. The third kappa shape index (κ3) is 1.76. The number of nitrogens with zero attached hydrogens (tertiary/aromatic N) is 1. The molecule has 2 nitrogen and oxygen atoms in total. The van der Waals surface area contributed by atoms with E-state index in [1.54, 1.807) is 0 Å². The molecule has 0 aliphatic heterocycles. The van der Waals surface area contributed by atoms with Gasteiger partial charge in [-0.1, -0.05) is 5.92 Å². The molecule has 48 valence electrons. The van der Waals surface area contributed by atoms with E-state index >= 15 is 0 Å². The van der Waals surface area contributed by atoms with Gasteiger partial charge in [0.15, 0.2) is 0 Å². The van der Waals surface area contributed by atoms with E-state index in [1.165, 1.54) is 0 Å². The maximum Gasteiger partial charge on any atom is 0.125 e. The SMILES string of the molecule is C#CC1(O)CCC1.C#N. The first kappa shape index (κ1) is 8.01. The van der Waals surface area contributed by atoms with Gasteiger partial charge in [-0.15, -0.1) is 6.42 Å². The quantitative estimate of drug-likeness (QED) is 0.481. The van der Waals surface area contributed by atoms with Crippen molar-refractivity contribution in [2.24, 2.45) is 0 Å². The summed E-state index contributed by atoms with van der Waals surface area (Å²) in [7, 11) is 0. The molecule has 0 amide bonds. The Kier molecular flexibility index (Phi) is 2.78. The fourth-order valence-electron chi connectivity index (χ4n) is 0.656. The number of terminal acetylenes is 1. The molecular weight excluding hydrogens is 114 g/mol. The normalized spacial score (nSPS) is 19.8. The Morgan fingerprint density at radius 3 is 1.89 bits per heavy atom. The summed E-state index contributed by atoms with van der Waals surface area (Å²) >= 11 is 0. The topological polar surface area (TPSA) is 44.0 Å². The van der Waals surface area contributed by atoms with Crippen LogP contribution in [-0.2, 0) is 0 Å². The van der Waals surface area contributed by atoms with Gasteiger partial charge in [0.05, 0.1) is 0 Å². The predicted octanol–water partition coefficient (Wildman–Crippen LogP) is 0.674. The highest BCUT2D eigenvalue weighted by atomic mass is 16.3. The van der Waals surface area contributed by atoms with Gasteiger partial charge >= 0.3 is 0 Å². The molecule has 1 rings (SSSR count). The molecule has 0 saturated heterocycles. The summed E-state index contributed by atoms with van der Waals surface area (Å²) in [6.45, 7) is 3.50. The Morgan fingerprint density at radius 1 is 1.44 bits per heavy atom. The molecule has 1 fully saturated rings. The van der Waals surface area contributed by atoms with Crippen molar-refractivity contribution in [3.8, 4) is 18.9 Å². The second kappa shape index (κ2) is 3.12. The minimum absolute atomic E-state index is 0.708. The van der Waals surface area contributed by atoms with Crippen LogP contribution in [0.3, 0.4) is 0 Å². The van der Waals surface area contributed by atoms with Crippen molar-refractivity contribution in [1.82, 2.24) is 0 Å². The van der Waals surface area contributed by atoms with E-state index in [0.29, 0.717) is 0 Å². The van der Waals surface area contributed by atoms with E-state index in [4.69, 9.17) is 16.8 Å². The lowest BCUT2D eigenvalue weighted by Gasteiger charge is -2.30. The van der Waals surface area contributed by atoms with Crippen LogP contribution >= 0.6 is 0 Å². The molecule has 0 radical (unpaired) electrons. The van der Waals surface area contributed by atoms with Gasteiger partial charge in [-0.2, -0.15) is 0 Å². The second-order valence-electron chi connectivity index (χ2n) is 2.03. The molecule has 0 unspecified atom stereocenters. The van der Waals surface area contributed by atoms with Crippen LogP contribution in [0.25, 0.3) is 0 Å². The van der Waals surface area contributed by atoms with Crippen molar-refractivity contribution in [3.05, 3.63) is 0 Å². The Hall–Kier alpha value is -0.990. The first-order valence-corrected chi connectivity index (χ1v) is 2.73. The fourth-order valence-corrected chi connectivity index (χ4v) is 0.656. The van der Waals surface area contributed by atoms with Crippen molar-refractivity contribution in [2.45, 2.75) is 24.9 Å². The molecule has 0 heterocycles. The van der Waals surface area contributed by atoms with Crippen LogP contribution in [0.4, 0.5) is 0 Å². The molecule has 1 aliphatic carbocycles. The molecule has 1 N–H and O–H groups in total. The summed E-state index contributed by atoms with van der Waals surface area (Å²) in [5.41, 5.74) is -0.708. The smallest absolute Gasteiger partial charge is 0.125 e. The molecule has 2 heteroatoms. The van der Waals surface area contributed by atoms with Crippen molar-refractivity contribution >= 4 is 0 Å². The molecule has 0 aromatic rings. The Balaban J connectivity index is 0.000000291. The summed E-state index contributed by atoms with van der Waals surface area (Å²) < 4.78 is 0. The lowest BCUT2D eigenvalue weighted by molar-refractivity contribution is 0.0241. The van der Waals surface area contributed by atoms with Gasteiger partial charge in [-0.3, -0.25) is 0 Å². The van der Waals surface area contributed by atoms with E-state index in [0.717, 1.165) is 19.3 Å². The second-order valence-corrected chi connectivity index (χ2v) is 2.03. The van der Waals surface area contributed by atoms with Crippen molar-refractivity contribution in [3.63, 3.8) is 0 Å². The first-order valence-electron chi connectivity index (χ1n) is 2.73. The number of rotatable bonds is 0. The molecule has 9 heavy (non-hydrogen) atoms. The predicted molar refractivity (Wildman–Crippen MR) is 34.3 cm³/mol. The van der Waals surface area contributed by atoms with Gasteiger partial charge in [-0.05, 0) is 19.3 Å². The van der Waals surface area contributed by atoms with Crippen LogP contribution in [0.1, 0.15) is 19.3 Å². The number of aliphatic hydroxyl groups is 1. The third-order valence-corrected chi connectivity index (χ3v) is 1.45. The largest absolute Gasteiger partial charge is 0.378 e. The molecule has 0 aromatic carbocycles. The van der Waals surface area contributed by atoms with Gasteiger partial charge in [0.2, 0.25) is 0 Å². The molecule has 0 spiro atoms. The van der Waals surface area contributed by atoms with Gasteiger partial charge in [0, 0.05) is 6.57 Å². The van der Waals surface area contributed by atoms with Crippen LogP contribution in [0, 0.1) is 24.2 Å². The van der Waals surface area contributed by atoms with Crippen LogP contribution in [0.5, 0.6) is 0 Å². The third-order valence-electron chi connectivity index (χ3n) is 1.45. The zero-order valence-electron chi connectivity index (χ0n) is 5.17. The van der Waals surface area contributed by atoms with Crippen LogP contribution in [-0.4, -0.2) is 10.7 Å². The Morgan fingerprint density at radius 2 is 1.89 bits per heavy atom. The summed E-state index contributed by atoms with van der Waals surface area (Å²) in [6, 6.07) is 0. The van der Waals surface area contributed by atoms with Gasteiger partial charge < -0.3 is 5.11 Å². The van der Waals surface area contributed by atoms with E-state index in [-0.39, 0.29) is 0 Å². The number of nitriles is 1. The van der Waals surface area contributed by atoms with E-state index in [9.17, 15) is 0 Å². The van der Waals surface area contributed by atoms with E-state index in [2.05, 4.69) is 12.5 Å². The molecule has 0 bridgehead atoms. The highest BCUT2D eigenvalue weighted by molar-refractivity contribution is 5.11. The average molecular weight is 123 g/mol. The maximum atomic E-state index is 8.98. The van der Waals surface area contributed by atoms with Crippen LogP contribution in [0.15, 0.2) is 0 Å². The van der Waals surface area contributed by atoms with Crippen molar-refractivity contribution < 1.29 is 5.11 Å². The molecule has 0 aromatic heterocycles. The Bertz CT molecular complexity index is 139. The van der Waals surface area contributed by atoms with Gasteiger partial charge in [-0.25, -0.2) is 5.26 Å². The lowest BCUT2D eigenvalue weighted by Crippen LogP contribution is -2.34. The summed E-state index contributed by atoms with van der Waals surface area (Å²) in [5, 5.41) is 15.5. The fraction of sp³-hybridized carbons (Fsp3) is 0.571. The van der Waals surface area contributed by atoms with Crippen LogP contribution in [0.2, 0.25) is 0 Å². The highest BCUT2D eigenvalue weighted by Crippen LogP contribution is 2.29. The van der Waals surface area contributed by atoms with E-state index < -0.39 is 5.60 Å². The highest BCUT2D eigenvalue weighted by Gasteiger charge is 2.31. The van der Waals surface area contributed by atoms with Gasteiger partial charge in [0.1, 0.15) is 5.60 Å². The first-order chi connectivity index (χ1) is 4.27. The van der Waals surface area contributed by atoms with Gasteiger partial charge in [0.25, 0.3) is 0 Å². The van der Waals surface area contributed by atoms with Crippen molar-refractivity contribution in [2.75, 3.05) is 0 Å². The minimum atomic E-state index is -0.708. The standard InChI is InChI=1S/C6H8O.CHN/c1-2-6(7)4-3-5-6;1-2/h1,7H,3-5H2;1H. The summed E-state index contributed by atoms with van der Waals surface area (Å²) in [6.07, 6.45) is 7.64. The summed E-state index contributed by atoms with van der Waals surface area (Å²) in [4.78, 5) is 0. The molecular formula is C7H9NO. The average Bonchev–Trinajstić information content (AvgIpc) is 1.88. The molecule has 0 atom stereocenters. The van der Waals surface area contributed by atoms with Crippen LogP contribution < -0.4 is 0 Å². The Labute approximate surface area is 55.1 Å². The maximum absolute atomic E-state index is 8.98. The minimum Gasteiger partial charge on any atom is -0.378 e. The zero-order valence-corrected chi connectivity index (χ0v) is 5.17. The monoisotopic (exact) mass is 123 g/mol. The van der Waals surface area contributed by atoms with Crippen molar-refractivity contribution in [1.29, 1.82) is 5.26 Å². The zero-order chi connectivity index (χ0) is 7.33. The lowest BCUT2D eigenvalue weighted by atomic mass is 9.81.